The summed E-state index contributed by atoms with van der Waals surface area (Å²) in [7, 11) is 3.26. The zero-order valence-corrected chi connectivity index (χ0v) is 7.54. The molecule has 0 radical (unpaired) electrons. The highest BCUT2D eigenvalue weighted by Crippen LogP contribution is 2.09. The maximum atomic E-state index is 11.3. The van der Waals surface area contributed by atoms with Crippen molar-refractivity contribution in [1.29, 1.82) is 0 Å². The third kappa shape index (κ3) is 1.71. The maximum Gasteiger partial charge on any atom is 0.275 e. The lowest BCUT2D eigenvalue weighted by atomic mass is 10.4. The van der Waals surface area contributed by atoms with Crippen molar-refractivity contribution >= 4 is 17.5 Å². The largest absolute Gasteiger partial charge is 0.343 e. The predicted molar refractivity (Wildman–Crippen MR) is 45.1 cm³/mol. The van der Waals surface area contributed by atoms with Gasteiger partial charge in [-0.1, -0.05) is 11.6 Å². The van der Waals surface area contributed by atoms with Gasteiger partial charge in [-0.05, 0) is 0 Å². The summed E-state index contributed by atoms with van der Waals surface area (Å²) in [4.78, 5) is 20.3. The second-order valence-electron chi connectivity index (χ2n) is 2.40. The molecule has 0 aliphatic heterocycles. The molecular weight excluding hydrogens is 178 g/mol. The molecule has 1 heterocycles. The Balaban J connectivity index is 3.03. The van der Waals surface area contributed by atoms with Crippen LogP contribution in [-0.2, 0) is 0 Å². The van der Waals surface area contributed by atoms with Crippen LogP contribution < -0.4 is 0 Å². The Hall–Kier alpha value is -1.16. The van der Waals surface area contributed by atoms with Crippen LogP contribution in [0.3, 0.4) is 0 Å². The number of hydrogen-bond donors (Lipinski definition) is 0. The quantitative estimate of drug-likeness (QED) is 0.651. The minimum atomic E-state index is -0.242. The van der Waals surface area contributed by atoms with E-state index in [-0.39, 0.29) is 16.8 Å². The molecule has 1 amide bonds. The van der Waals surface area contributed by atoms with Crippen LogP contribution in [0.25, 0.3) is 0 Å². The number of rotatable bonds is 1. The molecule has 0 bridgehead atoms. The summed E-state index contributed by atoms with van der Waals surface area (Å²) in [6.07, 6.45) is 2.87. The van der Waals surface area contributed by atoms with Crippen molar-refractivity contribution in [3.05, 3.63) is 23.2 Å². The van der Waals surface area contributed by atoms with Crippen LogP contribution in [0.5, 0.6) is 0 Å². The number of aromatic nitrogens is 2. The average Bonchev–Trinajstić information content (AvgIpc) is 2.04. The van der Waals surface area contributed by atoms with Crippen LogP contribution in [0, 0.1) is 0 Å². The fourth-order valence-electron chi connectivity index (χ4n) is 0.676. The monoisotopic (exact) mass is 185 g/mol. The summed E-state index contributed by atoms with van der Waals surface area (Å²) < 4.78 is 0. The minimum absolute atomic E-state index is 0.135. The minimum Gasteiger partial charge on any atom is -0.343 e. The summed E-state index contributed by atoms with van der Waals surface area (Å²) in [5.41, 5.74) is 0.184. The third-order valence-electron chi connectivity index (χ3n) is 1.26. The van der Waals surface area contributed by atoms with Crippen molar-refractivity contribution in [3.8, 4) is 0 Å². The van der Waals surface area contributed by atoms with Crippen molar-refractivity contribution in [2.75, 3.05) is 14.1 Å². The standard InChI is InChI=1S/C7H8ClN3O/c1-11(2)7(12)5-6(8)10-4-3-9-5/h3-4H,1-2H3. The van der Waals surface area contributed by atoms with Gasteiger partial charge in [-0.25, -0.2) is 9.97 Å². The Morgan fingerprint density at radius 3 is 2.50 bits per heavy atom. The SMILES string of the molecule is CN(C)C(=O)c1nccnc1Cl. The molecule has 0 atom stereocenters. The van der Waals surface area contributed by atoms with Crippen LogP contribution in [-0.4, -0.2) is 34.9 Å². The molecule has 64 valence electrons. The van der Waals surface area contributed by atoms with E-state index < -0.39 is 0 Å². The number of amides is 1. The second kappa shape index (κ2) is 3.49. The fourth-order valence-corrected chi connectivity index (χ4v) is 0.862. The van der Waals surface area contributed by atoms with Gasteiger partial charge < -0.3 is 4.90 Å². The number of halogens is 1. The van der Waals surface area contributed by atoms with Crippen molar-refractivity contribution in [1.82, 2.24) is 14.9 Å². The number of carbonyl (C=O) groups is 1. The Morgan fingerprint density at radius 2 is 2.00 bits per heavy atom. The molecule has 0 aromatic carbocycles. The first-order valence-electron chi connectivity index (χ1n) is 3.31. The first kappa shape index (κ1) is 8.93. The van der Waals surface area contributed by atoms with E-state index in [0.29, 0.717) is 0 Å². The van der Waals surface area contributed by atoms with Gasteiger partial charge >= 0.3 is 0 Å². The molecule has 0 N–H and O–H groups in total. The zero-order chi connectivity index (χ0) is 9.14. The van der Waals surface area contributed by atoms with Crippen molar-refractivity contribution in [2.45, 2.75) is 0 Å². The lowest BCUT2D eigenvalue weighted by molar-refractivity contribution is 0.0821. The lowest BCUT2D eigenvalue weighted by Gasteiger charge is -2.08. The first-order chi connectivity index (χ1) is 5.63. The molecule has 0 fully saturated rings. The van der Waals surface area contributed by atoms with Gasteiger partial charge in [0.1, 0.15) is 0 Å². The molecule has 12 heavy (non-hydrogen) atoms. The molecule has 0 aliphatic rings. The van der Waals surface area contributed by atoms with E-state index in [2.05, 4.69) is 9.97 Å². The molecule has 0 unspecified atom stereocenters. The highest BCUT2D eigenvalue weighted by atomic mass is 35.5. The molecule has 1 rings (SSSR count). The van der Waals surface area contributed by atoms with Gasteiger partial charge in [-0.3, -0.25) is 4.79 Å². The molecule has 5 heteroatoms. The molecule has 0 saturated heterocycles. The summed E-state index contributed by atoms with van der Waals surface area (Å²) in [5.74, 6) is -0.242. The van der Waals surface area contributed by atoms with E-state index in [1.54, 1.807) is 14.1 Å². The molecule has 0 spiro atoms. The van der Waals surface area contributed by atoms with Gasteiger partial charge in [0, 0.05) is 26.5 Å². The molecule has 4 nitrogen and oxygen atoms in total. The molecular formula is C7H8ClN3O. The predicted octanol–water partition coefficient (Wildman–Crippen LogP) is 0.832. The van der Waals surface area contributed by atoms with Gasteiger partial charge in [0.2, 0.25) is 0 Å². The third-order valence-corrected chi connectivity index (χ3v) is 1.54. The topological polar surface area (TPSA) is 46.1 Å². The van der Waals surface area contributed by atoms with E-state index >= 15 is 0 Å². The molecule has 0 aliphatic carbocycles. The highest BCUT2D eigenvalue weighted by Gasteiger charge is 2.13. The van der Waals surface area contributed by atoms with Crippen LogP contribution in [0.2, 0.25) is 5.15 Å². The van der Waals surface area contributed by atoms with Crippen LogP contribution in [0.1, 0.15) is 10.5 Å². The number of nitrogens with zero attached hydrogens (tertiary/aromatic N) is 3. The van der Waals surface area contributed by atoms with Crippen LogP contribution in [0.15, 0.2) is 12.4 Å². The average molecular weight is 186 g/mol. The summed E-state index contributed by atoms with van der Waals surface area (Å²) in [5, 5.41) is 0.135. The van der Waals surface area contributed by atoms with Gasteiger partial charge in [0.15, 0.2) is 10.8 Å². The fraction of sp³-hybridized carbons (Fsp3) is 0.286. The summed E-state index contributed by atoms with van der Waals surface area (Å²) in [6.45, 7) is 0. The van der Waals surface area contributed by atoms with E-state index in [0.717, 1.165) is 0 Å². The van der Waals surface area contributed by atoms with E-state index in [9.17, 15) is 4.79 Å². The zero-order valence-electron chi connectivity index (χ0n) is 6.78. The highest BCUT2D eigenvalue weighted by molar-refractivity contribution is 6.32. The smallest absolute Gasteiger partial charge is 0.275 e. The van der Waals surface area contributed by atoms with Gasteiger partial charge in [-0.15, -0.1) is 0 Å². The van der Waals surface area contributed by atoms with E-state index in [1.165, 1.54) is 17.3 Å². The number of carbonyl (C=O) groups excluding carboxylic acids is 1. The Labute approximate surface area is 75.2 Å². The van der Waals surface area contributed by atoms with E-state index in [1.807, 2.05) is 0 Å². The van der Waals surface area contributed by atoms with E-state index in [4.69, 9.17) is 11.6 Å². The summed E-state index contributed by atoms with van der Waals surface area (Å²) in [6, 6.07) is 0. The van der Waals surface area contributed by atoms with Crippen LogP contribution in [0.4, 0.5) is 0 Å². The molecule has 1 aromatic heterocycles. The lowest BCUT2D eigenvalue weighted by Crippen LogP contribution is -2.23. The Morgan fingerprint density at radius 1 is 1.42 bits per heavy atom. The molecule has 0 saturated carbocycles. The van der Waals surface area contributed by atoms with Gasteiger partial charge in [0.05, 0.1) is 0 Å². The molecule has 1 aromatic rings. The van der Waals surface area contributed by atoms with Crippen LogP contribution >= 0.6 is 11.6 Å². The first-order valence-corrected chi connectivity index (χ1v) is 3.69. The maximum absolute atomic E-state index is 11.3. The van der Waals surface area contributed by atoms with Gasteiger partial charge in [0.25, 0.3) is 5.91 Å². The summed E-state index contributed by atoms with van der Waals surface area (Å²) >= 11 is 5.64. The van der Waals surface area contributed by atoms with Crippen molar-refractivity contribution in [2.24, 2.45) is 0 Å². The normalized spacial score (nSPS) is 9.58. The second-order valence-corrected chi connectivity index (χ2v) is 2.75. The number of hydrogen-bond acceptors (Lipinski definition) is 3. The van der Waals surface area contributed by atoms with Crippen molar-refractivity contribution in [3.63, 3.8) is 0 Å². The van der Waals surface area contributed by atoms with Gasteiger partial charge in [-0.2, -0.15) is 0 Å². The Bertz CT molecular complexity index is 300. The Kier molecular flexibility index (Phi) is 2.60. The van der Waals surface area contributed by atoms with Crippen molar-refractivity contribution < 1.29 is 4.79 Å².